The summed E-state index contributed by atoms with van der Waals surface area (Å²) in [5.41, 5.74) is 4.78. The Kier molecular flexibility index (Phi) is 6.68. The molecule has 0 heterocycles. The summed E-state index contributed by atoms with van der Waals surface area (Å²) in [6.07, 6.45) is 1.65. The molecule has 0 spiro atoms. The zero-order chi connectivity index (χ0) is 16.7. The highest BCUT2D eigenvalue weighted by Crippen LogP contribution is 2.19. The van der Waals surface area contributed by atoms with E-state index in [1.807, 2.05) is 24.3 Å². The second-order valence-electron chi connectivity index (χ2n) is 5.36. The van der Waals surface area contributed by atoms with Gasteiger partial charge in [-0.15, -0.1) is 11.8 Å². The van der Waals surface area contributed by atoms with Crippen LogP contribution in [0.4, 0.5) is 0 Å². The molecule has 0 fully saturated rings. The summed E-state index contributed by atoms with van der Waals surface area (Å²) in [6.45, 7) is 4.31. The maximum absolute atomic E-state index is 11.7. The van der Waals surface area contributed by atoms with E-state index in [1.165, 1.54) is 17.3 Å². The van der Waals surface area contributed by atoms with Crippen molar-refractivity contribution in [2.75, 3.05) is 5.75 Å². The summed E-state index contributed by atoms with van der Waals surface area (Å²) < 4.78 is 0. The van der Waals surface area contributed by atoms with Gasteiger partial charge in [0.2, 0.25) is 5.91 Å². The molecule has 120 valence electrons. The molecule has 23 heavy (non-hydrogen) atoms. The van der Waals surface area contributed by atoms with E-state index in [1.54, 1.807) is 18.3 Å². The smallest absolute Gasteiger partial charge is 0.250 e. The second-order valence-corrected chi connectivity index (χ2v) is 6.84. The quantitative estimate of drug-likeness (QED) is 0.467. The number of halogens is 1. The fourth-order valence-corrected chi connectivity index (χ4v) is 2.67. The average molecular weight is 347 g/mol. The Bertz CT molecular complexity index is 666. The van der Waals surface area contributed by atoms with E-state index < -0.39 is 0 Å². The van der Waals surface area contributed by atoms with E-state index >= 15 is 0 Å². The van der Waals surface area contributed by atoms with Gasteiger partial charge in [-0.25, -0.2) is 5.43 Å². The summed E-state index contributed by atoms with van der Waals surface area (Å²) in [5, 5.41) is 4.67. The lowest BCUT2D eigenvalue weighted by atomic mass is 10.0. The van der Waals surface area contributed by atoms with Crippen LogP contribution in [0.2, 0.25) is 5.02 Å². The standard InChI is InChI=1S/C18H19ClN2OS/c1-13(2)15-5-3-14(4-6-15)11-20-21-18(22)12-23-17-9-7-16(19)8-10-17/h3-11,13H,12H2,1-2H3,(H,21,22)/b20-11-. The highest BCUT2D eigenvalue weighted by atomic mass is 35.5. The molecule has 0 unspecified atom stereocenters. The van der Waals surface area contributed by atoms with Crippen molar-refractivity contribution in [1.29, 1.82) is 0 Å². The number of thioether (sulfide) groups is 1. The highest BCUT2D eigenvalue weighted by Gasteiger charge is 2.02. The minimum atomic E-state index is -0.139. The van der Waals surface area contributed by atoms with E-state index in [0.29, 0.717) is 16.7 Å². The first kappa shape index (κ1) is 17.6. The Morgan fingerprint density at radius 1 is 1.17 bits per heavy atom. The molecule has 0 aromatic heterocycles. The molecule has 0 bridgehead atoms. The molecule has 0 atom stereocenters. The van der Waals surface area contributed by atoms with Crippen LogP contribution in [0.5, 0.6) is 0 Å². The van der Waals surface area contributed by atoms with Gasteiger partial charge in [0, 0.05) is 9.92 Å². The van der Waals surface area contributed by atoms with Crippen molar-refractivity contribution in [1.82, 2.24) is 5.43 Å². The predicted octanol–water partition coefficient (Wildman–Crippen LogP) is 4.71. The third-order valence-electron chi connectivity index (χ3n) is 3.19. The maximum atomic E-state index is 11.7. The molecule has 1 amide bonds. The Labute approximate surface area is 146 Å². The number of amides is 1. The third kappa shape index (κ3) is 6.08. The van der Waals surface area contributed by atoms with Crippen LogP contribution in [-0.4, -0.2) is 17.9 Å². The van der Waals surface area contributed by atoms with Crippen molar-refractivity contribution >= 4 is 35.5 Å². The summed E-state index contributed by atoms with van der Waals surface area (Å²) in [5.74, 6) is 0.677. The molecule has 5 heteroatoms. The number of hydrogen-bond donors (Lipinski definition) is 1. The van der Waals surface area contributed by atoms with Crippen LogP contribution in [0.1, 0.15) is 30.9 Å². The van der Waals surface area contributed by atoms with Gasteiger partial charge in [0.05, 0.1) is 12.0 Å². The first-order chi connectivity index (χ1) is 11.0. The van der Waals surface area contributed by atoms with Crippen LogP contribution >= 0.6 is 23.4 Å². The lowest BCUT2D eigenvalue weighted by Crippen LogP contribution is -2.19. The van der Waals surface area contributed by atoms with Crippen LogP contribution in [0.3, 0.4) is 0 Å². The first-order valence-corrected chi connectivity index (χ1v) is 8.71. The van der Waals surface area contributed by atoms with Gasteiger partial charge in [0.1, 0.15) is 0 Å². The van der Waals surface area contributed by atoms with E-state index in [0.717, 1.165) is 10.5 Å². The number of carbonyl (C=O) groups excluding carboxylic acids is 1. The van der Waals surface area contributed by atoms with Crippen LogP contribution in [0, 0.1) is 0 Å². The topological polar surface area (TPSA) is 41.5 Å². The number of nitrogens with zero attached hydrogens (tertiary/aromatic N) is 1. The average Bonchev–Trinajstić information content (AvgIpc) is 2.55. The van der Waals surface area contributed by atoms with Crippen molar-refractivity contribution in [3.63, 3.8) is 0 Å². The number of rotatable bonds is 6. The van der Waals surface area contributed by atoms with Crippen LogP contribution in [-0.2, 0) is 4.79 Å². The zero-order valence-corrected chi connectivity index (χ0v) is 14.7. The van der Waals surface area contributed by atoms with Gasteiger partial charge in [0.15, 0.2) is 0 Å². The molecular formula is C18H19ClN2OS. The molecule has 2 aromatic carbocycles. The Hall–Kier alpha value is -1.78. The largest absolute Gasteiger partial charge is 0.272 e. The number of carbonyl (C=O) groups is 1. The zero-order valence-electron chi connectivity index (χ0n) is 13.1. The van der Waals surface area contributed by atoms with Gasteiger partial charge in [-0.1, -0.05) is 49.7 Å². The molecule has 1 N–H and O–H groups in total. The molecule has 0 saturated carbocycles. The van der Waals surface area contributed by atoms with Gasteiger partial charge in [0.25, 0.3) is 0 Å². The molecule has 2 rings (SSSR count). The van der Waals surface area contributed by atoms with E-state index in [2.05, 4.69) is 36.5 Å². The van der Waals surface area contributed by atoms with Gasteiger partial charge >= 0.3 is 0 Å². The van der Waals surface area contributed by atoms with E-state index in [-0.39, 0.29) is 5.91 Å². The second kappa shape index (κ2) is 8.75. The highest BCUT2D eigenvalue weighted by molar-refractivity contribution is 8.00. The van der Waals surface area contributed by atoms with Gasteiger partial charge in [-0.05, 0) is 41.3 Å². The number of hydrogen-bond acceptors (Lipinski definition) is 3. The van der Waals surface area contributed by atoms with Crippen LogP contribution in [0.15, 0.2) is 58.5 Å². The van der Waals surface area contributed by atoms with Crippen molar-refractivity contribution < 1.29 is 4.79 Å². The lowest BCUT2D eigenvalue weighted by Gasteiger charge is -2.04. The summed E-state index contributed by atoms with van der Waals surface area (Å²) in [7, 11) is 0. The normalized spacial score (nSPS) is 11.1. The van der Waals surface area contributed by atoms with Crippen molar-refractivity contribution in [3.05, 3.63) is 64.7 Å². The SMILES string of the molecule is CC(C)c1ccc(/C=N\NC(=O)CSc2ccc(Cl)cc2)cc1. The Morgan fingerprint density at radius 3 is 2.43 bits per heavy atom. The van der Waals surface area contributed by atoms with E-state index in [4.69, 9.17) is 11.6 Å². The molecule has 0 radical (unpaired) electrons. The van der Waals surface area contributed by atoms with Gasteiger partial charge in [-0.3, -0.25) is 4.79 Å². The fourth-order valence-electron chi connectivity index (χ4n) is 1.86. The summed E-state index contributed by atoms with van der Waals surface area (Å²) in [4.78, 5) is 12.7. The van der Waals surface area contributed by atoms with Gasteiger partial charge in [-0.2, -0.15) is 5.10 Å². The van der Waals surface area contributed by atoms with Crippen LogP contribution < -0.4 is 5.43 Å². The first-order valence-electron chi connectivity index (χ1n) is 7.35. The van der Waals surface area contributed by atoms with E-state index in [9.17, 15) is 4.79 Å². The fraction of sp³-hybridized carbons (Fsp3) is 0.222. The minimum Gasteiger partial charge on any atom is -0.272 e. The lowest BCUT2D eigenvalue weighted by molar-refractivity contribution is -0.118. The Morgan fingerprint density at radius 2 is 1.83 bits per heavy atom. The summed E-state index contributed by atoms with van der Waals surface area (Å²) in [6, 6.07) is 15.5. The predicted molar refractivity (Wildman–Crippen MR) is 98.4 cm³/mol. The number of nitrogens with one attached hydrogen (secondary N) is 1. The molecule has 0 aliphatic heterocycles. The molecule has 0 saturated heterocycles. The van der Waals surface area contributed by atoms with Gasteiger partial charge < -0.3 is 0 Å². The minimum absolute atomic E-state index is 0.139. The Balaban J connectivity index is 1.78. The maximum Gasteiger partial charge on any atom is 0.250 e. The molecular weight excluding hydrogens is 328 g/mol. The summed E-state index contributed by atoms with van der Waals surface area (Å²) >= 11 is 7.26. The van der Waals surface area contributed by atoms with Crippen molar-refractivity contribution in [2.24, 2.45) is 5.10 Å². The molecule has 0 aliphatic rings. The molecule has 3 nitrogen and oxygen atoms in total. The van der Waals surface area contributed by atoms with Crippen LogP contribution in [0.25, 0.3) is 0 Å². The number of benzene rings is 2. The van der Waals surface area contributed by atoms with Crippen molar-refractivity contribution in [2.45, 2.75) is 24.7 Å². The third-order valence-corrected chi connectivity index (χ3v) is 4.45. The molecule has 0 aliphatic carbocycles. The van der Waals surface area contributed by atoms with Crippen molar-refractivity contribution in [3.8, 4) is 0 Å². The monoisotopic (exact) mass is 346 g/mol. The molecule has 2 aromatic rings. The number of hydrazone groups is 1.